The highest BCUT2D eigenvalue weighted by Crippen LogP contribution is 2.24. The van der Waals surface area contributed by atoms with Crippen LogP contribution in [0.3, 0.4) is 0 Å². The second-order valence-electron chi connectivity index (χ2n) is 4.96. The van der Waals surface area contributed by atoms with Gasteiger partial charge in [-0.2, -0.15) is 8.78 Å². The Morgan fingerprint density at radius 2 is 1.77 bits per heavy atom. The average molecular weight is 391 g/mol. The number of alkyl carbamates (subject to hydrolysis) is 1. The zero-order chi connectivity index (χ0) is 19.7. The molecule has 11 heteroatoms. The van der Waals surface area contributed by atoms with Crippen molar-refractivity contribution in [3.63, 3.8) is 0 Å². The van der Waals surface area contributed by atoms with Gasteiger partial charge >= 0.3 is 12.1 Å². The number of alkyl halides is 2. The van der Waals surface area contributed by atoms with Gasteiger partial charge in [-0.1, -0.05) is 0 Å². The molecule has 1 N–H and O–H groups in total. The largest absolute Gasteiger partial charge is 0.456 e. The van der Waals surface area contributed by atoms with E-state index in [-0.39, 0.29) is 36.4 Å². The molecule has 0 radical (unpaired) electrons. The summed E-state index contributed by atoms with van der Waals surface area (Å²) in [7, 11) is 0. The molecule has 0 saturated heterocycles. The summed E-state index contributed by atoms with van der Waals surface area (Å²) in [4.78, 5) is 42.1. The van der Waals surface area contributed by atoms with Gasteiger partial charge in [0.05, 0.1) is 6.61 Å². The van der Waals surface area contributed by atoms with Crippen molar-refractivity contribution in [3.05, 3.63) is 17.0 Å². The van der Waals surface area contributed by atoms with Gasteiger partial charge in [-0.05, 0) is 44.5 Å². The monoisotopic (exact) mass is 391 g/mol. The Hall–Kier alpha value is -2.30. The molecule has 2 amide bonds. The number of aryl methyl sites for hydroxylation is 2. The van der Waals surface area contributed by atoms with E-state index < -0.39 is 30.3 Å². The van der Waals surface area contributed by atoms with Crippen LogP contribution in [0.1, 0.15) is 30.3 Å². The number of imide groups is 1. The van der Waals surface area contributed by atoms with Crippen LogP contribution in [0.5, 0.6) is 0 Å². The maximum atomic E-state index is 12.4. The Balaban J connectivity index is 2.50. The van der Waals surface area contributed by atoms with E-state index in [1.165, 1.54) is 0 Å². The smallest absolute Gasteiger partial charge is 0.413 e. The third-order valence-electron chi connectivity index (χ3n) is 3.05. The fourth-order valence-electron chi connectivity index (χ4n) is 1.97. The summed E-state index contributed by atoms with van der Waals surface area (Å²) >= 11 is 0.250. The standard InChI is InChI=1S/C15H19F2N3O5S/c1-4-24-15(23)20-11(21)7-25-12(22)6-5-10-8(2)18-14(19-9(10)3)26-13(16)17/h13H,4-7H2,1-3H3,(H,20,21,23). The first kappa shape index (κ1) is 21.7. The Labute approximate surface area is 153 Å². The number of hydrogen-bond acceptors (Lipinski definition) is 8. The maximum absolute atomic E-state index is 12.4. The van der Waals surface area contributed by atoms with Gasteiger partial charge in [0.25, 0.3) is 11.7 Å². The van der Waals surface area contributed by atoms with E-state index in [1.807, 2.05) is 5.32 Å². The minimum Gasteiger partial charge on any atom is -0.456 e. The average Bonchev–Trinajstić information content (AvgIpc) is 2.51. The van der Waals surface area contributed by atoms with Crippen molar-refractivity contribution in [2.75, 3.05) is 13.2 Å². The summed E-state index contributed by atoms with van der Waals surface area (Å²) in [6.45, 7) is 4.34. The van der Waals surface area contributed by atoms with Crippen LogP contribution in [-0.4, -0.2) is 46.9 Å². The van der Waals surface area contributed by atoms with Gasteiger partial charge in [-0.3, -0.25) is 14.9 Å². The fourth-order valence-corrected chi connectivity index (χ4v) is 2.50. The minimum absolute atomic E-state index is 0.0306. The zero-order valence-corrected chi connectivity index (χ0v) is 15.3. The lowest BCUT2D eigenvalue weighted by molar-refractivity contribution is -0.148. The molecule has 0 bridgehead atoms. The summed E-state index contributed by atoms with van der Waals surface area (Å²) in [6, 6.07) is 0. The highest BCUT2D eigenvalue weighted by molar-refractivity contribution is 7.99. The molecule has 1 heterocycles. The van der Waals surface area contributed by atoms with Gasteiger partial charge < -0.3 is 9.47 Å². The molecule has 0 aliphatic heterocycles. The van der Waals surface area contributed by atoms with Crippen molar-refractivity contribution in [3.8, 4) is 0 Å². The van der Waals surface area contributed by atoms with E-state index in [0.29, 0.717) is 17.0 Å². The first-order valence-electron chi connectivity index (χ1n) is 7.64. The number of rotatable bonds is 8. The number of esters is 1. The van der Waals surface area contributed by atoms with Crippen LogP contribution in [-0.2, 0) is 25.5 Å². The van der Waals surface area contributed by atoms with Gasteiger partial charge in [0.2, 0.25) is 0 Å². The summed E-state index contributed by atoms with van der Waals surface area (Å²) in [6.07, 6.45) is -0.743. The summed E-state index contributed by atoms with van der Waals surface area (Å²) in [5.74, 6) is -4.08. The fraction of sp³-hybridized carbons (Fsp3) is 0.533. The van der Waals surface area contributed by atoms with Crippen LogP contribution >= 0.6 is 11.8 Å². The highest BCUT2D eigenvalue weighted by atomic mass is 32.2. The number of carbonyl (C=O) groups is 3. The highest BCUT2D eigenvalue weighted by Gasteiger charge is 2.15. The van der Waals surface area contributed by atoms with E-state index in [9.17, 15) is 23.2 Å². The molecule has 0 aliphatic carbocycles. The molecular formula is C15H19F2N3O5S. The van der Waals surface area contributed by atoms with Crippen LogP contribution < -0.4 is 5.32 Å². The van der Waals surface area contributed by atoms with E-state index >= 15 is 0 Å². The van der Waals surface area contributed by atoms with E-state index in [1.54, 1.807) is 20.8 Å². The normalized spacial score (nSPS) is 10.5. The molecule has 0 atom stereocenters. The molecule has 0 aliphatic rings. The van der Waals surface area contributed by atoms with Gasteiger partial charge in [-0.15, -0.1) is 0 Å². The second kappa shape index (κ2) is 10.6. The maximum Gasteiger partial charge on any atom is 0.413 e. The number of thioether (sulfide) groups is 1. The van der Waals surface area contributed by atoms with Crippen molar-refractivity contribution >= 4 is 29.7 Å². The molecule has 0 fully saturated rings. The van der Waals surface area contributed by atoms with Crippen molar-refractivity contribution in [2.45, 2.75) is 44.5 Å². The summed E-state index contributed by atoms with van der Waals surface area (Å²) < 4.78 is 34.0. The Morgan fingerprint density at radius 3 is 2.31 bits per heavy atom. The first-order valence-corrected chi connectivity index (χ1v) is 8.52. The number of halogens is 2. The molecule has 8 nitrogen and oxygen atoms in total. The van der Waals surface area contributed by atoms with Gasteiger partial charge in [-0.25, -0.2) is 14.8 Å². The van der Waals surface area contributed by atoms with E-state index in [0.717, 1.165) is 0 Å². The molecule has 0 unspecified atom stereocenters. The van der Waals surface area contributed by atoms with Crippen LogP contribution in [0.4, 0.5) is 13.6 Å². The van der Waals surface area contributed by atoms with Crippen molar-refractivity contribution < 1.29 is 32.6 Å². The Morgan fingerprint density at radius 1 is 1.15 bits per heavy atom. The summed E-state index contributed by atoms with van der Waals surface area (Å²) in [5, 5.41) is 1.86. The van der Waals surface area contributed by atoms with Crippen LogP contribution in [0.15, 0.2) is 5.16 Å². The van der Waals surface area contributed by atoms with Crippen molar-refractivity contribution in [1.82, 2.24) is 15.3 Å². The third kappa shape index (κ3) is 7.72. The topological polar surface area (TPSA) is 107 Å². The number of nitrogens with zero attached hydrogens (tertiary/aromatic N) is 2. The molecule has 26 heavy (non-hydrogen) atoms. The van der Waals surface area contributed by atoms with E-state index in [2.05, 4.69) is 14.7 Å². The number of nitrogens with one attached hydrogen (secondary N) is 1. The predicted molar refractivity (Wildman–Crippen MR) is 87.8 cm³/mol. The Kier molecular flexibility index (Phi) is 8.90. The van der Waals surface area contributed by atoms with Crippen LogP contribution in [0, 0.1) is 13.8 Å². The molecule has 0 saturated carbocycles. The molecule has 1 aromatic heterocycles. The van der Waals surface area contributed by atoms with Crippen LogP contribution in [0.25, 0.3) is 0 Å². The molecule has 1 rings (SSSR count). The quantitative estimate of drug-likeness (QED) is 0.408. The van der Waals surface area contributed by atoms with Gasteiger partial charge in [0.15, 0.2) is 11.8 Å². The van der Waals surface area contributed by atoms with Crippen molar-refractivity contribution in [1.29, 1.82) is 0 Å². The first-order chi connectivity index (χ1) is 12.2. The number of ether oxygens (including phenoxy) is 2. The third-order valence-corrected chi connectivity index (χ3v) is 3.63. The molecule has 0 spiro atoms. The lowest BCUT2D eigenvalue weighted by atomic mass is 10.1. The van der Waals surface area contributed by atoms with Crippen LogP contribution in [0.2, 0.25) is 0 Å². The number of carbonyl (C=O) groups excluding carboxylic acids is 3. The SMILES string of the molecule is CCOC(=O)NC(=O)COC(=O)CCc1c(C)nc(SC(F)F)nc1C. The number of aromatic nitrogens is 2. The number of hydrogen-bond donors (Lipinski definition) is 1. The van der Waals surface area contributed by atoms with Gasteiger partial charge in [0.1, 0.15) is 0 Å². The predicted octanol–water partition coefficient (Wildman–Crippen LogP) is 2.16. The number of amides is 2. The second-order valence-corrected chi connectivity index (χ2v) is 5.92. The minimum atomic E-state index is -2.62. The molecule has 144 valence electrons. The molecule has 0 aromatic carbocycles. The lowest BCUT2D eigenvalue weighted by Crippen LogP contribution is -2.34. The molecular weight excluding hydrogens is 372 g/mol. The summed E-state index contributed by atoms with van der Waals surface area (Å²) in [5.41, 5.74) is 1.64. The Bertz CT molecular complexity index is 650. The van der Waals surface area contributed by atoms with Gasteiger partial charge in [0, 0.05) is 17.8 Å². The molecule has 1 aromatic rings. The van der Waals surface area contributed by atoms with Crippen molar-refractivity contribution in [2.24, 2.45) is 0 Å². The van der Waals surface area contributed by atoms with E-state index in [4.69, 9.17) is 4.74 Å². The zero-order valence-electron chi connectivity index (χ0n) is 14.5. The lowest BCUT2D eigenvalue weighted by Gasteiger charge is -2.10.